The molecule has 0 aliphatic heterocycles. The first kappa shape index (κ1) is 19.3. The van der Waals surface area contributed by atoms with Gasteiger partial charge in [-0.15, -0.1) is 22.0 Å². The zero-order chi connectivity index (χ0) is 19.2. The van der Waals surface area contributed by atoms with Crippen molar-refractivity contribution in [3.63, 3.8) is 0 Å². The second-order valence-corrected chi connectivity index (χ2v) is 7.70. The van der Waals surface area contributed by atoms with Gasteiger partial charge in [0, 0.05) is 22.2 Å². The lowest BCUT2D eigenvalue weighted by molar-refractivity contribution is 0.0948. The third kappa shape index (κ3) is 5.29. The predicted molar refractivity (Wildman–Crippen MR) is 109 cm³/mol. The van der Waals surface area contributed by atoms with E-state index in [0.29, 0.717) is 17.3 Å². The number of nitrogens with zero attached hydrogens (tertiary/aromatic N) is 2. The maximum atomic E-state index is 12.2. The van der Waals surface area contributed by atoms with Crippen LogP contribution < -0.4 is 10.6 Å². The van der Waals surface area contributed by atoms with Gasteiger partial charge in [0.2, 0.25) is 10.0 Å². The first-order valence-electron chi connectivity index (χ1n) is 7.86. The summed E-state index contributed by atoms with van der Waals surface area (Å²) in [6, 6.07) is 14.7. The quantitative estimate of drug-likeness (QED) is 0.589. The van der Waals surface area contributed by atoms with Crippen LogP contribution >= 0.6 is 34.7 Å². The van der Waals surface area contributed by atoms with Crippen molar-refractivity contribution in [3.05, 3.63) is 69.1 Å². The largest absolute Gasteiger partial charge is 0.346 e. The third-order valence-electron chi connectivity index (χ3n) is 3.51. The normalized spacial score (nSPS) is 10.4. The van der Waals surface area contributed by atoms with Crippen LogP contribution in [-0.4, -0.2) is 28.3 Å². The fourth-order valence-corrected chi connectivity index (χ4v) is 3.41. The second kappa shape index (κ2) is 8.98. The molecule has 9 heteroatoms. The van der Waals surface area contributed by atoms with Gasteiger partial charge >= 0.3 is 0 Å². The van der Waals surface area contributed by atoms with Gasteiger partial charge in [0.1, 0.15) is 0 Å². The fourth-order valence-electron chi connectivity index (χ4n) is 2.16. The number of rotatable bonds is 6. The van der Waals surface area contributed by atoms with Crippen LogP contribution in [0.15, 0.2) is 53.4 Å². The monoisotopic (exact) mass is 418 g/mol. The van der Waals surface area contributed by atoms with Gasteiger partial charge in [-0.05, 0) is 42.2 Å². The van der Waals surface area contributed by atoms with Crippen molar-refractivity contribution in [3.8, 4) is 0 Å². The maximum absolute atomic E-state index is 12.2. The highest BCUT2D eigenvalue weighted by Crippen LogP contribution is 2.18. The minimum absolute atomic E-state index is 0.101. The lowest BCUT2D eigenvalue weighted by Crippen LogP contribution is -2.22. The number of hydrogen-bond acceptors (Lipinski definition) is 6. The number of nitrogens with one attached hydrogen (secondary N) is 2. The Morgan fingerprint density at radius 1 is 1.07 bits per heavy atom. The molecule has 138 valence electrons. The molecule has 2 aromatic carbocycles. The molecule has 0 saturated carbocycles. The van der Waals surface area contributed by atoms with Crippen LogP contribution in [0.4, 0.5) is 5.69 Å². The predicted octanol–water partition coefficient (Wildman–Crippen LogP) is 4.10. The number of hydrogen-bond donors (Lipinski definition) is 2. The third-order valence-corrected chi connectivity index (χ3v) is 5.41. The van der Waals surface area contributed by atoms with Crippen molar-refractivity contribution in [2.75, 3.05) is 11.6 Å². The van der Waals surface area contributed by atoms with Crippen molar-refractivity contribution in [1.29, 1.82) is 0 Å². The number of thioether (sulfide) groups is 1. The zero-order valence-electron chi connectivity index (χ0n) is 14.2. The molecule has 3 aromatic rings. The number of amides is 2. The van der Waals surface area contributed by atoms with Gasteiger partial charge in [0.05, 0.1) is 0 Å². The molecule has 0 unspecified atom stereocenters. The van der Waals surface area contributed by atoms with Crippen molar-refractivity contribution in [2.45, 2.75) is 11.4 Å². The van der Waals surface area contributed by atoms with E-state index in [1.165, 1.54) is 0 Å². The first-order valence-corrected chi connectivity index (χ1v) is 10.3. The summed E-state index contributed by atoms with van der Waals surface area (Å²) in [6.07, 6.45) is 2.01. The Labute approximate surface area is 169 Å². The molecule has 2 N–H and O–H groups in total. The number of halogens is 1. The van der Waals surface area contributed by atoms with Crippen molar-refractivity contribution in [1.82, 2.24) is 15.5 Å². The Morgan fingerprint density at radius 2 is 1.78 bits per heavy atom. The standard InChI is InChI=1S/C18H15ClN4O2S2/c1-26-14-7-5-11(6-8-14)10-20-15(24)17-22-23-18(27-17)16(25)21-13-4-2-3-12(19)9-13/h2-9H,10H2,1H3,(H,20,24)(H,21,25). The van der Waals surface area contributed by atoms with E-state index in [4.69, 9.17) is 11.6 Å². The Kier molecular flexibility index (Phi) is 6.44. The smallest absolute Gasteiger partial charge is 0.286 e. The molecule has 0 atom stereocenters. The molecule has 1 heterocycles. The molecule has 0 aliphatic rings. The molecule has 0 saturated heterocycles. The average Bonchev–Trinajstić information content (AvgIpc) is 3.17. The highest BCUT2D eigenvalue weighted by Gasteiger charge is 2.17. The summed E-state index contributed by atoms with van der Waals surface area (Å²) in [6.45, 7) is 0.372. The van der Waals surface area contributed by atoms with E-state index in [9.17, 15) is 9.59 Å². The summed E-state index contributed by atoms with van der Waals surface area (Å²) in [4.78, 5) is 25.6. The van der Waals surface area contributed by atoms with Crippen LogP contribution in [0.2, 0.25) is 5.02 Å². The van der Waals surface area contributed by atoms with Crippen molar-refractivity contribution in [2.24, 2.45) is 0 Å². The molecule has 6 nitrogen and oxygen atoms in total. The molecule has 2 amide bonds. The number of benzene rings is 2. The van der Waals surface area contributed by atoms with E-state index in [1.807, 2.05) is 30.5 Å². The number of anilines is 1. The number of carbonyl (C=O) groups is 2. The van der Waals surface area contributed by atoms with Crippen LogP contribution in [0, 0.1) is 0 Å². The SMILES string of the molecule is CSc1ccc(CNC(=O)c2nnc(C(=O)Nc3cccc(Cl)c3)s2)cc1. The van der Waals surface area contributed by atoms with Gasteiger partial charge < -0.3 is 10.6 Å². The lowest BCUT2D eigenvalue weighted by Gasteiger charge is -2.04. The van der Waals surface area contributed by atoms with Crippen molar-refractivity contribution < 1.29 is 9.59 Å². The summed E-state index contributed by atoms with van der Waals surface area (Å²) in [5, 5.41) is 13.8. The molecule has 27 heavy (non-hydrogen) atoms. The Bertz CT molecular complexity index is 960. The Balaban J connectivity index is 1.58. The molecule has 0 radical (unpaired) electrons. The molecular weight excluding hydrogens is 404 g/mol. The molecule has 0 spiro atoms. The van der Waals surface area contributed by atoms with E-state index in [-0.39, 0.29) is 15.9 Å². The Morgan fingerprint density at radius 3 is 2.44 bits per heavy atom. The highest BCUT2D eigenvalue weighted by molar-refractivity contribution is 7.98. The summed E-state index contributed by atoms with van der Waals surface area (Å²) in [5.41, 5.74) is 1.52. The van der Waals surface area contributed by atoms with Crippen LogP contribution in [0.25, 0.3) is 0 Å². The number of carbonyl (C=O) groups excluding carboxylic acids is 2. The van der Waals surface area contributed by atoms with E-state index >= 15 is 0 Å². The first-order chi connectivity index (χ1) is 13.0. The molecule has 0 aliphatic carbocycles. The zero-order valence-corrected chi connectivity index (χ0v) is 16.6. The van der Waals surface area contributed by atoms with Crippen LogP contribution in [0.5, 0.6) is 0 Å². The van der Waals surface area contributed by atoms with Crippen molar-refractivity contribution >= 4 is 52.2 Å². The van der Waals surface area contributed by atoms with E-state index < -0.39 is 5.91 Å². The van der Waals surface area contributed by atoms with Gasteiger partial charge in [-0.3, -0.25) is 9.59 Å². The van der Waals surface area contributed by atoms with Gasteiger partial charge in [0.15, 0.2) is 0 Å². The van der Waals surface area contributed by atoms with Gasteiger partial charge in [0.25, 0.3) is 11.8 Å². The Hall–Kier alpha value is -2.42. The maximum Gasteiger partial charge on any atom is 0.286 e. The average molecular weight is 419 g/mol. The van der Waals surface area contributed by atoms with Crippen LogP contribution in [0.3, 0.4) is 0 Å². The molecular formula is C18H15ClN4O2S2. The lowest BCUT2D eigenvalue weighted by atomic mass is 10.2. The summed E-state index contributed by atoms with van der Waals surface area (Å²) < 4.78 is 0. The van der Waals surface area contributed by atoms with E-state index in [2.05, 4.69) is 20.8 Å². The molecule has 0 bridgehead atoms. The van der Waals surface area contributed by atoms with E-state index in [0.717, 1.165) is 21.8 Å². The number of aromatic nitrogens is 2. The van der Waals surface area contributed by atoms with Gasteiger partial charge in [-0.1, -0.05) is 41.1 Å². The van der Waals surface area contributed by atoms with Gasteiger partial charge in [-0.25, -0.2) is 0 Å². The van der Waals surface area contributed by atoms with E-state index in [1.54, 1.807) is 36.0 Å². The van der Waals surface area contributed by atoms with Crippen LogP contribution in [-0.2, 0) is 6.54 Å². The summed E-state index contributed by atoms with van der Waals surface area (Å²) in [7, 11) is 0. The minimum atomic E-state index is -0.443. The molecule has 3 rings (SSSR count). The molecule has 1 aromatic heterocycles. The fraction of sp³-hybridized carbons (Fsp3) is 0.111. The minimum Gasteiger partial charge on any atom is -0.346 e. The summed E-state index contributed by atoms with van der Waals surface area (Å²) in [5.74, 6) is -0.815. The topological polar surface area (TPSA) is 84.0 Å². The van der Waals surface area contributed by atoms with Gasteiger partial charge in [-0.2, -0.15) is 0 Å². The van der Waals surface area contributed by atoms with Crippen LogP contribution in [0.1, 0.15) is 25.2 Å². The highest BCUT2D eigenvalue weighted by atomic mass is 35.5. The molecule has 0 fully saturated rings. The second-order valence-electron chi connectivity index (χ2n) is 5.41. The summed E-state index contributed by atoms with van der Waals surface area (Å²) >= 11 is 8.48.